The lowest BCUT2D eigenvalue weighted by Crippen LogP contribution is -2.35. The van der Waals surface area contributed by atoms with Gasteiger partial charge in [0.05, 0.1) is 5.69 Å². The van der Waals surface area contributed by atoms with Crippen LogP contribution < -0.4 is 4.90 Å². The normalized spacial score (nSPS) is 17.7. The number of rotatable bonds is 2. The molecule has 2 aliphatic rings. The summed E-state index contributed by atoms with van der Waals surface area (Å²) in [7, 11) is 0. The molecule has 2 aromatic rings. The third kappa shape index (κ3) is 2.40. The highest BCUT2D eigenvalue weighted by atomic mass is 19.1. The molecular weight excluding hydrogens is 323 g/mol. The van der Waals surface area contributed by atoms with Crippen LogP contribution in [0.1, 0.15) is 52.1 Å². The highest BCUT2D eigenvalue weighted by Gasteiger charge is 2.48. The number of carboxylic acids is 1. The Hall–Kier alpha value is -2.76. The van der Waals surface area contributed by atoms with Crippen LogP contribution in [-0.2, 0) is 5.41 Å². The van der Waals surface area contributed by atoms with Crippen molar-refractivity contribution in [2.75, 3.05) is 11.4 Å². The molecule has 1 fully saturated rings. The Kier molecular flexibility index (Phi) is 3.56. The number of hydrogen-bond acceptors (Lipinski definition) is 3. The van der Waals surface area contributed by atoms with Crippen molar-refractivity contribution in [3.05, 3.63) is 59.2 Å². The molecule has 128 valence electrons. The maximum atomic E-state index is 14.6. The highest BCUT2D eigenvalue weighted by molar-refractivity contribution is 6.08. The summed E-state index contributed by atoms with van der Waals surface area (Å²) in [5, 5.41) is 9.08. The molecule has 1 N–H and O–H groups in total. The van der Waals surface area contributed by atoms with E-state index in [1.165, 1.54) is 24.4 Å². The van der Waals surface area contributed by atoms with Gasteiger partial charge in [-0.05, 0) is 37.1 Å². The largest absolute Gasteiger partial charge is 0.477 e. The number of pyridine rings is 1. The Morgan fingerprint density at radius 2 is 1.96 bits per heavy atom. The van der Waals surface area contributed by atoms with Crippen molar-refractivity contribution >= 4 is 17.6 Å². The Morgan fingerprint density at radius 3 is 2.68 bits per heavy atom. The van der Waals surface area contributed by atoms with Crippen LogP contribution in [0.4, 0.5) is 10.1 Å². The van der Waals surface area contributed by atoms with Gasteiger partial charge in [-0.15, -0.1) is 0 Å². The molecule has 1 aliphatic carbocycles. The minimum atomic E-state index is -1.19. The first-order valence-electron chi connectivity index (χ1n) is 8.32. The van der Waals surface area contributed by atoms with Crippen molar-refractivity contribution < 1.29 is 19.1 Å². The van der Waals surface area contributed by atoms with E-state index >= 15 is 0 Å². The first-order valence-corrected chi connectivity index (χ1v) is 8.32. The second-order valence-corrected chi connectivity index (χ2v) is 6.75. The highest BCUT2D eigenvalue weighted by Crippen LogP contribution is 2.51. The lowest BCUT2D eigenvalue weighted by atomic mass is 9.80. The average molecular weight is 340 g/mol. The number of nitrogens with zero attached hydrogens (tertiary/aromatic N) is 2. The number of carbonyl (C=O) groups is 2. The lowest BCUT2D eigenvalue weighted by molar-refractivity contribution is 0.0690. The standard InChI is InChI=1S/C19H17FN2O3/c20-13-4-3-5-15-16(13)19(7-1-2-8-19)11-22(15)17(23)12-6-9-21-14(10-12)18(24)25/h3-6,9-10H,1-2,7-8,11H2,(H,24,25). The molecule has 1 aromatic carbocycles. The number of anilines is 1. The van der Waals surface area contributed by atoms with E-state index in [0.29, 0.717) is 17.8 Å². The van der Waals surface area contributed by atoms with Gasteiger partial charge in [0.25, 0.3) is 5.91 Å². The fourth-order valence-electron chi connectivity index (χ4n) is 4.21. The average Bonchev–Trinajstić information content (AvgIpc) is 3.21. The molecule has 0 atom stereocenters. The summed E-state index contributed by atoms with van der Waals surface area (Å²) < 4.78 is 14.6. The SMILES string of the molecule is O=C(O)c1cc(C(=O)N2CC3(CCCC3)c3c(F)cccc32)ccn1. The van der Waals surface area contributed by atoms with Crippen LogP contribution in [0, 0.1) is 5.82 Å². The first-order chi connectivity index (χ1) is 12.0. The molecule has 0 radical (unpaired) electrons. The van der Waals surface area contributed by atoms with Crippen LogP contribution in [0.25, 0.3) is 0 Å². The summed E-state index contributed by atoms with van der Waals surface area (Å²) in [5.74, 6) is -1.77. The number of carboxylic acid groups (broad SMARTS) is 1. The van der Waals surface area contributed by atoms with Gasteiger partial charge in [-0.3, -0.25) is 4.79 Å². The predicted octanol–water partition coefficient (Wildman–Crippen LogP) is 3.39. The minimum absolute atomic E-state index is 0.180. The molecule has 1 aliphatic heterocycles. The van der Waals surface area contributed by atoms with Crippen molar-refractivity contribution in [3.8, 4) is 0 Å². The van der Waals surface area contributed by atoms with Crippen LogP contribution in [0.3, 0.4) is 0 Å². The molecule has 4 rings (SSSR count). The summed E-state index contributed by atoms with van der Waals surface area (Å²) in [6.07, 6.45) is 5.08. The summed E-state index contributed by atoms with van der Waals surface area (Å²) in [6.45, 7) is 0.437. The predicted molar refractivity (Wildman–Crippen MR) is 89.4 cm³/mol. The smallest absolute Gasteiger partial charge is 0.354 e. The second-order valence-electron chi connectivity index (χ2n) is 6.75. The number of aromatic nitrogens is 1. The quantitative estimate of drug-likeness (QED) is 0.910. The monoisotopic (exact) mass is 340 g/mol. The topological polar surface area (TPSA) is 70.5 Å². The first kappa shape index (κ1) is 15.7. The Morgan fingerprint density at radius 1 is 1.20 bits per heavy atom. The Balaban J connectivity index is 1.77. The number of aromatic carboxylic acids is 1. The van der Waals surface area contributed by atoms with E-state index in [1.54, 1.807) is 17.0 Å². The zero-order chi connectivity index (χ0) is 17.6. The van der Waals surface area contributed by atoms with Gasteiger partial charge in [0, 0.05) is 29.3 Å². The van der Waals surface area contributed by atoms with Gasteiger partial charge in [-0.2, -0.15) is 0 Å². The van der Waals surface area contributed by atoms with E-state index in [4.69, 9.17) is 5.11 Å². The van der Waals surface area contributed by atoms with E-state index < -0.39 is 5.97 Å². The number of halogens is 1. The van der Waals surface area contributed by atoms with E-state index in [2.05, 4.69) is 4.98 Å². The van der Waals surface area contributed by atoms with Crippen LogP contribution >= 0.6 is 0 Å². The van der Waals surface area contributed by atoms with Crippen molar-refractivity contribution in [1.29, 1.82) is 0 Å². The molecule has 0 unspecified atom stereocenters. The molecule has 1 spiro atoms. The van der Waals surface area contributed by atoms with Crippen molar-refractivity contribution in [3.63, 3.8) is 0 Å². The van der Waals surface area contributed by atoms with Crippen LogP contribution in [0.5, 0.6) is 0 Å². The zero-order valence-corrected chi connectivity index (χ0v) is 13.5. The van der Waals surface area contributed by atoms with Crippen LogP contribution in [0.15, 0.2) is 36.5 Å². The maximum absolute atomic E-state index is 14.6. The van der Waals surface area contributed by atoms with Gasteiger partial charge in [0.1, 0.15) is 11.5 Å². The molecule has 5 nitrogen and oxygen atoms in total. The van der Waals surface area contributed by atoms with Gasteiger partial charge < -0.3 is 10.0 Å². The molecule has 0 saturated heterocycles. The van der Waals surface area contributed by atoms with E-state index in [9.17, 15) is 14.0 Å². The molecule has 25 heavy (non-hydrogen) atoms. The molecule has 1 amide bonds. The van der Waals surface area contributed by atoms with Crippen LogP contribution in [-0.4, -0.2) is 28.5 Å². The van der Waals surface area contributed by atoms with Crippen LogP contribution in [0.2, 0.25) is 0 Å². The third-order valence-corrected chi connectivity index (χ3v) is 5.31. The summed E-state index contributed by atoms with van der Waals surface area (Å²) in [4.78, 5) is 29.5. The molecule has 6 heteroatoms. The third-order valence-electron chi connectivity index (χ3n) is 5.31. The van der Waals surface area contributed by atoms with Gasteiger partial charge in [-0.25, -0.2) is 14.2 Å². The maximum Gasteiger partial charge on any atom is 0.354 e. The number of amides is 1. The summed E-state index contributed by atoms with van der Waals surface area (Å²) >= 11 is 0. The van der Waals surface area contributed by atoms with E-state index in [1.807, 2.05) is 0 Å². The van der Waals surface area contributed by atoms with Crippen molar-refractivity contribution in [2.24, 2.45) is 0 Å². The fraction of sp³-hybridized carbons (Fsp3) is 0.316. The second kappa shape index (κ2) is 5.65. The fourth-order valence-corrected chi connectivity index (χ4v) is 4.21. The van der Waals surface area contributed by atoms with E-state index in [0.717, 1.165) is 25.7 Å². The van der Waals surface area contributed by atoms with Crippen molar-refractivity contribution in [1.82, 2.24) is 4.98 Å². The lowest BCUT2D eigenvalue weighted by Gasteiger charge is -2.25. The van der Waals surface area contributed by atoms with Gasteiger partial charge >= 0.3 is 5.97 Å². The number of hydrogen-bond donors (Lipinski definition) is 1. The minimum Gasteiger partial charge on any atom is -0.477 e. The summed E-state index contributed by atoms with van der Waals surface area (Å²) in [5.41, 5.74) is 0.977. The number of fused-ring (bicyclic) bond motifs is 2. The Bertz CT molecular complexity index is 875. The van der Waals surface area contributed by atoms with E-state index in [-0.39, 0.29) is 28.4 Å². The van der Waals surface area contributed by atoms with Gasteiger partial charge in [0.2, 0.25) is 0 Å². The number of benzene rings is 1. The zero-order valence-electron chi connectivity index (χ0n) is 13.5. The molecule has 1 saturated carbocycles. The molecule has 2 heterocycles. The van der Waals surface area contributed by atoms with Gasteiger partial charge in [-0.1, -0.05) is 18.9 Å². The molecule has 0 bridgehead atoms. The van der Waals surface area contributed by atoms with Gasteiger partial charge in [0.15, 0.2) is 0 Å². The number of carbonyl (C=O) groups excluding carboxylic acids is 1. The molecule has 1 aromatic heterocycles. The molecular formula is C19H17FN2O3. The van der Waals surface area contributed by atoms with Crippen molar-refractivity contribution in [2.45, 2.75) is 31.1 Å². The Labute approximate surface area is 144 Å². The summed E-state index contributed by atoms with van der Waals surface area (Å²) in [6, 6.07) is 7.58.